The van der Waals surface area contributed by atoms with Crippen LogP contribution in [0.5, 0.6) is 5.88 Å². The van der Waals surface area contributed by atoms with E-state index in [-0.39, 0.29) is 23.3 Å². The Labute approximate surface area is 170 Å². The highest BCUT2D eigenvalue weighted by Gasteiger charge is 2.45. The van der Waals surface area contributed by atoms with Crippen molar-refractivity contribution >= 4 is 27.1 Å². The van der Waals surface area contributed by atoms with Gasteiger partial charge in [0.05, 0.1) is 29.3 Å². The predicted octanol–water partition coefficient (Wildman–Crippen LogP) is 2.70. The average molecular weight is 444 g/mol. The topological polar surface area (TPSA) is 111 Å². The average Bonchev–Trinajstić information content (AvgIpc) is 3.08. The number of ether oxygens (including phenoxy) is 1. The number of rotatable bonds is 8. The van der Waals surface area contributed by atoms with Crippen molar-refractivity contribution in [3.05, 3.63) is 42.5 Å². The van der Waals surface area contributed by atoms with Crippen LogP contribution in [0.25, 0.3) is 11.0 Å². The van der Waals surface area contributed by atoms with E-state index in [2.05, 4.69) is 24.4 Å². The second kappa shape index (κ2) is 8.44. The van der Waals surface area contributed by atoms with Crippen LogP contribution in [0.1, 0.15) is 25.1 Å². The van der Waals surface area contributed by atoms with Crippen LogP contribution in [-0.2, 0) is 17.3 Å². The van der Waals surface area contributed by atoms with E-state index < -0.39 is 34.2 Å². The Balaban J connectivity index is 2.07. The molecule has 0 saturated heterocycles. The lowest BCUT2D eigenvalue weighted by atomic mass is 10.2. The standard InChI is InChI=1S/C17H19F3N6O3S/c1-3-8-22-30(27,28)25-15-16(24-12-7-5-4-6-11(12)23-15)29-14(17(18,19)20)13-9-21-10-26(13)2/h4-7,9-10,14,22H,3,8H2,1-2H3,(H,23,25)/t14-/m0/s1. The van der Waals surface area contributed by atoms with Gasteiger partial charge in [0.1, 0.15) is 0 Å². The zero-order chi connectivity index (χ0) is 21.9. The first-order valence-corrected chi connectivity index (χ1v) is 10.3. The van der Waals surface area contributed by atoms with Gasteiger partial charge >= 0.3 is 6.18 Å². The van der Waals surface area contributed by atoms with Crippen molar-refractivity contribution in [2.75, 3.05) is 11.3 Å². The van der Waals surface area contributed by atoms with E-state index in [0.29, 0.717) is 6.42 Å². The van der Waals surface area contributed by atoms with Gasteiger partial charge in [0.25, 0.3) is 16.1 Å². The lowest BCUT2D eigenvalue weighted by Crippen LogP contribution is -2.32. The first kappa shape index (κ1) is 21.8. The molecule has 3 aromatic rings. The summed E-state index contributed by atoms with van der Waals surface area (Å²) in [7, 11) is -2.72. The van der Waals surface area contributed by atoms with Gasteiger partial charge in [-0.05, 0) is 18.6 Å². The molecular weight excluding hydrogens is 425 g/mol. The lowest BCUT2D eigenvalue weighted by Gasteiger charge is -2.22. The smallest absolute Gasteiger partial charge is 0.431 e. The number of alkyl halides is 3. The van der Waals surface area contributed by atoms with E-state index in [9.17, 15) is 21.6 Å². The molecule has 9 nitrogen and oxygen atoms in total. The van der Waals surface area contributed by atoms with E-state index in [4.69, 9.17) is 4.74 Å². The number of nitrogens with zero attached hydrogens (tertiary/aromatic N) is 4. The minimum atomic E-state index is -4.82. The number of para-hydroxylation sites is 2. The fourth-order valence-electron chi connectivity index (χ4n) is 2.56. The Hall–Kier alpha value is -2.93. The van der Waals surface area contributed by atoms with Crippen LogP contribution in [0.3, 0.4) is 0 Å². The van der Waals surface area contributed by atoms with Gasteiger partial charge < -0.3 is 9.30 Å². The minimum Gasteiger partial charge on any atom is -0.455 e. The highest BCUT2D eigenvalue weighted by molar-refractivity contribution is 7.90. The van der Waals surface area contributed by atoms with Crippen LogP contribution < -0.4 is 14.2 Å². The lowest BCUT2D eigenvalue weighted by molar-refractivity contribution is -0.200. The fraction of sp³-hybridized carbons (Fsp3) is 0.353. The summed E-state index contributed by atoms with van der Waals surface area (Å²) >= 11 is 0. The fourth-order valence-corrected chi connectivity index (χ4v) is 3.49. The van der Waals surface area contributed by atoms with Gasteiger partial charge in [-0.3, -0.25) is 4.72 Å². The van der Waals surface area contributed by atoms with Crippen molar-refractivity contribution in [1.82, 2.24) is 24.2 Å². The Morgan fingerprint density at radius 1 is 1.20 bits per heavy atom. The summed E-state index contributed by atoms with van der Waals surface area (Å²) in [6, 6.07) is 6.33. The number of hydrogen-bond acceptors (Lipinski definition) is 6. The maximum absolute atomic E-state index is 13.7. The highest BCUT2D eigenvalue weighted by Crippen LogP contribution is 2.38. The second-order valence-corrected chi connectivity index (χ2v) is 7.83. The van der Waals surface area contributed by atoms with Crippen LogP contribution in [0, 0.1) is 0 Å². The highest BCUT2D eigenvalue weighted by atomic mass is 32.2. The maximum atomic E-state index is 13.7. The molecule has 2 heterocycles. The van der Waals surface area contributed by atoms with Gasteiger partial charge in [0, 0.05) is 13.6 Å². The number of anilines is 1. The number of aromatic nitrogens is 4. The second-order valence-electron chi connectivity index (χ2n) is 6.33. The summed E-state index contributed by atoms with van der Waals surface area (Å²) < 4.78 is 76.4. The first-order chi connectivity index (χ1) is 14.1. The van der Waals surface area contributed by atoms with Crippen molar-refractivity contribution in [3.63, 3.8) is 0 Å². The number of benzene rings is 1. The van der Waals surface area contributed by atoms with Gasteiger partial charge in [0.15, 0.2) is 0 Å². The van der Waals surface area contributed by atoms with Crippen LogP contribution in [-0.4, -0.2) is 40.7 Å². The molecule has 0 fully saturated rings. The van der Waals surface area contributed by atoms with Crippen LogP contribution in [0.2, 0.25) is 0 Å². The molecule has 13 heteroatoms. The molecule has 0 aliphatic heterocycles. The normalized spacial score (nSPS) is 13.4. The molecule has 0 spiro atoms. The molecular formula is C17H19F3N6O3S. The van der Waals surface area contributed by atoms with Gasteiger partial charge in [0.2, 0.25) is 11.9 Å². The molecule has 2 N–H and O–H groups in total. The molecule has 0 radical (unpaired) electrons. The van der Waals surface area contributed by atoms with E-state index in [1.807, 2.05) is 0 Å². The van der Waals surface area contributed by atoms with Crippen molar-refractivity contribution in [2.24, 2.45) is 7.05 Å². The van der Waals surface area contributed by atoms with E-state index in [1.165, 1.54) is 19.4 Å². The van der Waals surface area contributed by atoms with Crippen molar-refractivity contribution in [2.45, 2.75) is 25.6 Å². The molecule has 0 saturated carbocycles. The molecule has 162 valence electrons. The molecule has 1 aromatic carbocycles. The number of fused-ring (bicyclic) bond motifs is 1. The number of hydrogen-bond donors (Lipinski definition) is 2. The van der Waals surface area contributed by atoms with Crippen LogP contribution in [0.15, 0.2) is 36.8 Å². The SMILES string of the molecule is CCCNS(=O)(=O)Nc1nc2ccccc2nc1O[C@@H](c1cncn1C)C(F)(F)F. The van der Waals surface area contributed by atoms with Crippen molar-refractivity contribution < 1.29 is 26.3 Å². The molecule has 2 aromatic heterocycles. The molecule has 3 rings (SSSR count). The Kier molecular flexibility index (Phi) is 6.12. The molecule has 0 amide bonds. The Morgan fingerprint density at radius 3 is 2.43 bits per heavy atom. The predicted molar refractivity (Wildman–Crippen MR) is 103 cm³/mol. The van der Waals surface area contributed by atoms with E-state index in [1.54, 1.807) is 25.1 Å². The first-order valence-electron chi connectivity index (χ1n) is 8.84. The third-order valence-corrected chi connectivity index (χ3v) is 5.01. The third kappa shape index (κ3) is 4.97. The largest absolute Gasteiger partial charge is 0.455 e. The summed E-state index contributed by atoms with van der Waals surface area (Å²) in [6.07, 6.45) is -4.53. The summed E-state index contributed by atoms with van der Waals surface area (Å²) in [5, 5.41) is 0. The Bertz CT molecular complexity index is 1130. The maximum Gasteiger partial charge on any atom is 0.431 e. The van der Waals surface area contributed by atoms with Crippen LogP contribution >= 0.6 is 0 Å². The summed E-state index contributed by atoms with van der Waals surface area (Å²) in [5.74, 6) is -1.08. The quantitative estimate of drug-likeness (QED) is 0.553. The summed E-state index contributed by atoms with van der Waals surface area (Å²) in [5.41, 5.74) is 0.236. The monoisotopic (exact) mass is 444 g/mol. The van der Waals surface area contributed by atoms with Crippen LogP contribution in [0.4, 0.5) is 19.0 Å². The molecule has 0 aliphatic rings. The molecule has 30 heavy (non-hydrogen) atoms. The molecule has 0 unspecified atom stereocenters. The zero-order valence-electron chi connectivity index (χ0n) is 16.0. The molecule has 0 bridgehead atoms. The van der Waals surface area contributed by atoms with E-state index in [0.717, 1.165) is 10.8 Å². The van der Waals surface area contributed by atoms with Gasteiger partial charge in [-0.1, -0.05) is 19.1 Å². The molecule has 1 atom stereocenters. The third-order valence-electron chi connectivity index (χ3n) is 3.96. The zero-order valence-corrected chi connectivity index (χ0v) is 16.8. The number of halogens is 3. The van der Waals surface area contributed by atoms with Crippen molar-refractivity contribution in [1.29, 1.82) is 0 Å². The van der Waals surface area contributed by atoms with Crippen molar-refractivity contribution in [3.8, 4) is 5.88 Å². The van der Waals surface area contributed by atoms with Gasteiger partial charge in [-0.15, -0.1) is 0 Å². The Morgan fingerprint density at radius 2 is 1.87 bits per heavy atom. The van der Waals surface area contributed by atoms with Gasteiger partial charge in [-0.25, -0.2) is 15.0 Å². The summed E-state index contributed by atoms with van der Waals surface area (Å²) in [4.78, 5) is 11.9. The summed E-state index contributed by atoms with van der Waals surface area (Å²) in [6.45, 7) is 1.89. The molecule has 0 aliphatic carbocycles. The van der Waals surface area contributed by atoms with E-state index >= 15 is 0 Å². The van der Waals surface area contributed by atoms with Gasteiger partial charge in [-0.2, -0.15) is 26.3 Å². The minimum absolute atomic E-state index is 0.132. The number of nitrogens with one attached hydrogen (secondary N) is 2. The number of aryl methyl sites for hydroxylation is 1. The number of imidazole rings is 1.